The number of nitrogens with one attached hydrogen (secondary N) is 1. The van der Waals surface area contributed by atoms with Crippen LogP contribution in [0.5, 0.6) is 0 Å². The van der Waals surface area contributed by atoms with E-state index in [1.165, 1.54) is 0 Å². The summed E-state index contributed by atoms with van der Waals surface area (Å²) < 4.78 is 0. The summed E-state index contributed by atoms with van der Waals surface area (Å²) in [5.41, 5.74) is 4.97. The third-order valence-corrected chi connectivity index (χ3v) is 5.17. The van der Waals surface area contributed by atoms with Gasteiger partial charge in [-0.1, -0.05) is 47.5 Å². The van der Waals surface area contributed by atoms with Crippen molar-refractivity contribution in [1.29, 1.82) is 0 Å². The van der Waals surface area contributed by atoms with Crippen LogP contribution in [0.15, 0.2) is 48.2 Å². The van der Waals surface area contributed by atoms with Crippen molar-refractivity contribution in [1.82, 2.24) is 9.97 Å². The monoisotopic (exact) mass is 397 g/mol. The van der Waals surface area contributed by atoms with Crippen LogP contribution in [0.3, 0.4) is 0 Å². The summed E-state index contributed by atoms with van der Waals surface area (Å²) in [6.07, 6.45) is 1.77. The average molecular weight is 398 g/mol. The smallest absolute Gasteiger partial charge is 0.148 e. The number of aliphatic hydroxyl groups excluding tert-OH is 1. The van der Waals surface area contributed by atoms with Crippen molar-refractivity contribution in [3.63, 3.8) is 0 Å². The maximum atomic E-state index is 10.3. The van der Waals surface area contributed by atoms with E-state index in [-0.39, 0.29) is 11.8 Å². The Balaban J connectivity index is 1.70. The van der Waals surface area contributed by atoms with Crippen LogP contribution in [0, 0.1) is 13.8 Å². The van der Waals surface area contributed by atoms with Gasteiger partial charge >= 0.3 is 0 Å². The van der Waals surface area contributed by atoms with Crippen LogP contribution in [0.1, 0.15) is 28.6 Å². The number of aliphatic hydroxyl groups is 1. The van der Waals surface area contributed by atoms with Crippen molar-refractivity contribution in [2.75, 3.05) is 5.32 Å². The zero-order valence-corrected chi connectivity index (χ0v) is 16.3. The first-order chi connectivity index (χ1) is 12.9. The first-order valence-corrected chi connectivity index (χ1v) is 9.26. The number of halogens is 2. The van der Waals surface area contributed by atoms with Gasteiger partial charge in [0.2, 0.25) is 0 Å². The molecule has 2 aromatic carbocycles. The van der Waals surface area contributed by atoms with Gasteiger partial charge < -0.3 is 10.4 Å². The molecular weight excluding hydrogens is 381 g/mol. The molecule has 1 heterocycles. The Hall–Kier alpha value is -2.56. The van der Waals surface area contributed by atoms with Gasteiger partial charge in [-0.15, -0.1) is 0 Å². The lowest BCUT2D eigenvalue weighted by molar-refractivity contribution is 0.387. The Kier molecular flexibility index (Phi) is 4.54. The van der Waals surface area contributed by atoms with E-state index in [2.05, 4.69) is 10.3 Å². The van der Waals surface area contributed by atoms with Gasteiger partial charge in [0.05, 0.1) is 22.1 Å². The molecule has 0 aliphatic heterocycles. The van der Waals surface area contributed by atoms with Crippen LogP contribution in [-0.2, 0) is 0 Å². The fourth-order valence-electron chi connectivity index (χ4n) is 3.27. The van der Waals surface area contributed by atoms with E-state index in [0.717, 1.165) is 28.1 Å². The maximum Gasteiger partial charge on any atom is 0.148 e. The molecule has 6 heteroatoms. The summed E-state index contributed by atoms with van der Waals surface area (Å²) in [6, 6.07) is 12.9. The number of fused-ring (bicyclic) bond motifs is 1. The number of benzene rings is 2. The number of anilines is 1. The number of hydrogen-bond donors (Lipinski definition) is 2. The zero-order chi connectivity index (χ0) is 19.1. The summed E-state index contributed by atoms with van der Waals surface area (Å²) in [6.45, 7) is 3.76. The van der Waals surface area contributed by atoms with Gasteiger partial charge in [0, 0.05) is 10.6 Å². The van der Waals surface area contributed by atoms with Crippen molar-refractivity contribution in [3.05, 3.63) is 80.8 Å². The predicted molar refractivity (Wildman–Crippen MR) is 110 cm³/mol. The first-order valence-electron chi connectivity index (χ1n) is 8.50. The molecule has 2 N–H and O–H groups in total. The molecule has 3 aromatic rings. The summed E-state index contributed by atoms with van der Waals surface area (Å²) >= 11 is 12.3. The maximum absolute atomic E-state index is 10.3. The average Bonchev–Trinajstić information content (AvgIpc) is 2.94. The third-order valence-electron chi connectivity index (χ3n) is 4.62. The van der Waals surface area contributed by atoms with E-state index in [4.69, 9.17) is 28.2 Å². The minimum atomic E-state index is -0.335. The number of aryl methyl sites for hydroxylation is 2. The van der Waals surface area contributed by atoms with Gasteiger partial charge in [-0.25, -0.2) is 9.97 Å². The number of hydrogen-bond acceptors (Lipinski definition) is 4. The van der Waals surface area contributed by atoms with Crippen LogP contribution < -0.4 is 5.32 Å². The fourth-order valence-corrected chi connectivity index (χ4v) is 3.77. The fraction of sp³-hybridized carbons (Fsp3) is 0.143. The second-order valence-electron chi connectivity index (χ2n) is 6.49. The molecule has 0 saturated carbocycles. The largest absolute Gasteiger partial charge is 0.510 e. The summed E-state index contributed by atoms with van der Waals surface area (Å²) in [4.78, 5) is 9.38. The Morgan fingerprint density at radius 2 is 1.78 bits per heavy atom. The second kappa shape index (κ2) is 6.87. The molecule has 1 aliphatic rings. The van der Waals surface area contributed by atoms with Crippen molar-refractivity contribution < 1.29 is 5.11 Å². The van der Waals surface area contributed by atoms with E-state index in [0.29, 0.717) is 21.6 Å². The van der Waals surface area contributed by atoms with E-state index in [1.54, 1.807) is 18.2 Å². The van der Waals surface area contributed by atoms with Gasteiger partial charge in [0.1, 0.15) is 17.6 Å². The lowest BCUT2D eigenvalue weighted by Crippen LogP contribution is -2.14. The lowest BCUT2D eigenvalue weighted by Gasteiger charge is -2.18. The SMILES string of the molecule is Cc1nc(-c2ccc(Cl)cc2Cl)c(C)nc1NC1C(O)=Cc2ccccc21. The lowest BCUT2D eigenvalue weighted by atomic mass is 10.1. The van der Waals surface area contributed by atoms with Gasteiger partial charge in [-0.2, -0.15) is 0 Å². The standard InChI is InChI=1S/C21H17Cl2N3O/c1-11-19(16-8-7-14(22)10-17(16)23)24-12(2)21(25-11)26-20-15-6-4-3-5-13(15)9-18(20)27/h3-10,20,27H,1-2H3,(H,25,26). The highest BCUT2D eigenvalue weighted by molar-refractivity contribution is 6.36. The van der Waals surface area contributed by atoms with E-state index in [1.807, 2.05) is 44.2 Å². The molecule has 1 aliphatic carbocycles. The molecule has 0 bridgehead atoms. The first kappa shape index (κ1) is 17.8. The molecule has 0 spiro atoms. The number of rotatable bonds is 3. The molecule has 4 nitrogen and oxygen atoms in total. The molecule has 136 valence electrons. The third kappa shape index (κ3) is 3.27. The zero-order valence-electron chi connectivity index (χ0n) is 14.8. The number of aromatic nitrogens is 2. The molecule has 27 heavy (non-hydrogen) atoms. The van der Waals surface area contributed by atoms with Gasteiger partial charge in [0.15, 0.2) is 0 Å². The summed E-state index contributed by atoms with van der Waals surface area (Å²) in [5.74, 6) is 0.892. The van der Waals surface area contributed by atoms with Crippen molar-refractivity contribution in [2.24, 2.45) is 0 Å². The van der Waals surface area contributed by atoms with Crippen molar-refractivity contribution in [3.8, 4) is 11.3 Å². The van der Waals surface area contributed by atoms with Crippen molar-refractivity contribution >= 4 is 35.1 Å². The van der Waals surface area contributed by atoms with Gasteiger partial charge in [-0.05, 0) is 49.2 Å². The van der Waals surface area contributed by atoms with Gasteiger partial charge in [0.25, 0.3) is 0 Å². The molecular formula is C21H17Cl2N3O. The Morgan fingerprint density at radius 1 is 1.00 bits per heavy atom. The summed E-state index contributed by atoms with van der Waals surface area (Å²) in [5, 5.41) is 14.8. The molecule has 4 rings (SSSR count). The summed E-state index contributed by atoms with van der Waals surface area (Å²) in [7, 11) is 0. The Morgan fingerprint density at radius 3 is 2.56 bits per heavy atom. The quantitative estimate of drug-likeness (QED) is 0.557. The minimum Gasteiger partial charge on any atom is -0.510 e. The predicted octanol–water partition coefficient (Wildman–Crippen LogP) is 6.13. The topological polar surface area (TPSA) is 58.0 Å². The van der Waals surface area contributed by atoms with Crippen molar-refractivity contribution in [2.45, 2.75) is 19.9 Å². The van der Waals surface area contributed by atoms with Crippen LogP contribution >= 0.6 is 23.2 Å². The molecule has 0 radical (unpaired) electrons. The molecule has 1 unspecified atom stereocenters. The van der Waals surface area contributed by atoms with Gasteiger partial charge in [-0.3, -0.25) is 0 Å². The highest BCUT2D eigenvalue weighted by Crippen LogP contribution is 2.36. The molecule has 0 amide bonds. The highest BCUT2D eigenvalue weighted by atomic mass is 35.5. The highest BCUT2D eigenvalue weighted by Gasteiger charge is 2.26. The second-order valence-corrected chi connectivity index (χ2v) is 7.33. The van der Waals surface area contributed by atoms with Crippen LogP contribution in [-0.4, -0.2) is 15.1 Å². The van der Waals surface area contributed by atoms with E-state index < -0.39 is 0 Å². The van der Waals surface area contributed by atoms with E-state index in [9.17, 15) is 5.11 Å². The number of nitrogens with zero attached hydrogens (tertiary/aromatic N) is 2. The van der Waals surface area contributed by atoms with Crippen LogP contribution in [0.2, 0.25) is 10.0 Å². The Labute approximate surface area is 167 Å². The minimum absolute atomic E-state index is 0.264. The molecule has 1 atom stereocenters. The Bertz CT molecular complexity index is 1080. The van der Waals surface area contributed by atoms with Crippen LogP contribution in [0.25, 0.3) is 17.3 Å². The normalized spacial score (nSPS) is 15.4. The molecule has 0 saturated heterocycles. The van der Waals surface area contributed by atoms with Crippen LogP contribution in [0.4, 0.5) is 5.82 Å². The molecule has 1 aromatic heterocycles. The van der Waals surface area contributed by atoms with E-state index >= 15 is 0 Å². The molecule has 0 fully saturated rings.